The van der Waals surface area contributed by atoms with Crippen molar-refractivity contribution in [3.05, 3.63) is 29.3 Å². The summed E-state index contributed by atoms with van der Waals surface area (Å²) >= 11 is 12.3. The lowest BCUT2D eigenvalue weighted by Crippen LogP contribution is -2.42. The van der Waals surface area contributed by atoms with Crippen molar-refractivity contribution in [3.63, 3.8) is 0 Å². The molecule has 1 saturated carbocycles. The van der Waals surface area contributed by atoms with Gasteiger partial charge in [0.2, 0.25) is 0 Å². The molecule has 1 aromatic carbocycles. The predicted molar refractivity (Wildman–Crippen MR) is 70.4 cm³/mol. The summed E-state index contributed by atoms with van der Waals surface area (Å²) in [6.45, 7) is 0. The molecule has 1 aliphatic carbocycles. The van der Waals surface area contributed by atoms with Gasteiger partial charge in [0.15, 0.2) is 0 Å². The first-order valence-corrected chi connectivity index (χ1v) is 6.53. The van der Waals surface area contributed by atoms with Crippen LogP contribution in [0, 0.1) is 0 Å². The fraction of sp³-hybridized carbons (Fsp3) is 0.500. The van der Waals surface area contributed by atoms with E-state index < -0.39 is 0 Å². The molecule has 94 valence electrons. The van der Waals surface area contributed by atoms with Gasteiger partial charge in [-0.15, -0.1) is 16.1 Å². The third-order valence-corrected chi connectivity index (χ3v) is 3.99. The molecule has 2 nitrogen and oxygen atoms in total. The predicted octanol–water partition coefficient (Wildman–Crippen LogP) is 3.75. The highest BCUT2D eigenvalue weighted by Gasteiger charge is 2.29. The van der Waals surface area contributed by atoms with Crippen molar-refractivity contribution >= 4 is 28.9 Å². The standard InChI is InChI=1S/C12H15Cl2FN2/c13-9-3-1-2-4-11(9)16-12-7-8(17-15)5-6-10(12)14/h1-4,8,10,12,16-17H,5-7H2. The smallest absolute Gasteiger partial charge is 0.0637 e. The topological polar surface area (TPSA) is 24.1 Å². The van der Waals surface area contributed by atoms with E-state index in [2.05, 4.69) is 5.32 Å². The van der Waals surface area contributed by atoms with Crippen LogP contribution in [0.3, 0.4) is 0 Å². The van der Waals surface area contributed by atoms with Crippen LogP contribution < -0.4 is 10.9 Å². The van der Waals surface area contributed by atoms with Gasteiger partial charge in [0, 0.05) is 12.1 Å². The molecule has 0 radical (unpaired) electrons. The highest BCUT2D eigenvalue weighted by atomic mass is 35.5. The largest absolute Gasteiger partial charge is 0.380 e. The van der Waals surface area contributed by atoms with Crippen LogP contribution in [0.4, 0.5) is 10.2 Å². The summed E-state index contributed by atoms with van der Waals surface area (Å²) in [7, 11) is 0. The summed E-state index contributed by atoms with van der Waals surface area (Å²) in [5.41, 5.74) is 2.67. The summed E-state index contributed by atoms with van der Waals surface area (Å²) in [6, 6.07) is 7.42. The van der Waals surface area contributed by atoms with Gasteiger partial charge in [-0.05, 0) is 31.4 Å². The Balaban J connectivity index is 2.04. The van der Waals surface area contributed by atoms with Gasteiger partial charge in [-0.2, -0.15) is 5.54 Å². The summed E-state index contributed by atoms with van der Waals surface area (Å²) in [5.74, 6) is 0. The Morgan fingerprint density at radius 3 is 2.71 bits per heavy atom. The van der Waals surface area contributed by atoms with E-state index in [0.717, 1.165) is 18.5 Å². The zero-order valence-electron chi connectivity index (χ0n) is 9.30. The van der Waals surface area contributed by atoms with Crippen LogP contribution in [0.5, 0.6) is 0 Å². The molecule has 0 heterocycles. The lowest BCUT2D eigenvalue weighted by molar-refractivity contribution is 0.220. The minimum Gasteiger partial charge on any atom is -0.380 e. The number of para-hydroxylation sites is 1. The molecule has 1 aliphatic rings. The minimum atomic E-state index is -0.120. The Kier molecular flexibility index (Phi) is 4.48. The van der Waals surface area contributed by atoms with Crippen molar-refractivity contribution in [1.82, 2.24) is 5.54 Å². The number of alkyl halides is 1. The molecule has 1 fully saturated rings. The van der Waals surface area contributed by atoms with Crippen molar-refractivity contribution in [3.8, 4) is 0 Å². The zero-order chi connectivity index (χ0) is 12.3. The Hall–Kier alpha value is -0.510. The Labute approximate surface area is 110 Å². The van der Waals surface area contributed by atoms with Crippen molar-refractivity contribution in [2.24, 2.45) is 0 Å². The molecule has 1 aromatic rings. The van der Waals surface area contributed by atoms with Gasteiger partial charge in [-0.25, -0.2) is 0 Å². The number of anilines is 1. The Morgan fingerprint density at radius 2 is 2.00 bits per heavy atom. The van der Waals surface area contributed by atoms with Crippen LogP contribution in [-0.4, -0.2) is 17.5 Å². The molecule has 5 heteroatoms. The van der Waals surface area contributed by atoms with E-state index in [0.29, 0.717) is 11.4 Å². The Bertz CT molecular complexity index is 375. The number of halogens is 3. The van der Waals surface area contributed by atoms with E-state index in [-0.39, 0.29) is 17.5 Å². The lowest BCUT2D eigenvalue weighted by atomic mass is 9.91. The lowest BCUT2D eigenvalue weighted by Gasteiger charge is -2.33. The second kappa shape index (κ2) is 5.89. The van der Waals surface area contributed by atoms with Gasteiger partial charge in [0.05, 0.1) is 16.1 Å². The van der Waals surface area contributed by atoms with Crippen molar-refractivity contribution in [2.45, 2.75) is 36.7 Å². The van der Waals surface area contributed by atoms with Gasteiger partial charge in [-0.3, -0.25) is 0 Å². The normalized spacial score (nSPS) is 29.0. The third-order valence-electron chi connectivity index (χ3n) is 3.14. The highest BCUT2D eigenvalue weighted by molar-refractivity contribution is 6.33. The molecule has 2 rings (SSSR count). The molecule has 0 amide bonds. The van der Waals surface area contributed by atoms with Gasteiger partial charge in [-0.1, -0.05) is 23.7 Å². The fourth-order valence-corrected chi connectivity index (χ4v) is 2.64. The average molecular weight is 277 g/mol. The van der Waals surface area contributed by atoms with E-state index in [9.17, 15) is 4.48 Å². The monoisotopic (exact) mass is 276 g/mol. The molecule has 3 unspecified atom stereocenters. The van der Waals surface area contributed by atoms with Crippen molar-refractivity contribution < 1.29 is 4.48 Å². The summed E-state index contributed by atoms with van der Waals surface area (Å²) in [6.07, 6.45) is 2.23. The maximum atomic E-state index is 12.5. The molecule has 2 N–H and O–H groups in total. The zero-order valence-corrected chi connectivity index (χ0v) is 10.8. The number of benzene rings is 1. The molecule has 0 saturated heterocycles. The molecule has 0 bridgehead atoms. The van der Waals surface area contributed by atoms with Crippen molar-refractivity contribution in [2.75, 3.05) is 5.32 Å². The molecule has 0 aliphatic heterocycles. The molecule has 0 spiro atoms. The maximum absolute atomic E-state index is 12.5. The van der Waals surface area contributed by atoms with Crippen molar-refractivity contribution in [1.29, 1.82) is 0 Å². The fourth-order valence-electron chi connectivity index (χ4n) is 2.16. The second-order valence-electron chi connectivity index (χ2n) is 4.37. The van der Waals surface area contributed by atoms with E-state index in [1.807, 2.05) is 29.8 Å². The van der Waals surface area contributed by atoms with Crippen LogP contribution >= 0.6 is 23.2 Å². The van der Waals surface area contributed by atoms with Crippen LogP contribution in [0.15, 0.2) is 24.3 Å². The van der Waals surface area contributed by atoms with E-state index in [1.54, 1.807) is 0 Å². The summed E-state index contributed by atoms with van der Waals surface area (Å²) in [4.78, 5) is 0. The van der Waals surface area contributed by atoms with E-state index >= 15 is 0 Å². The Morgan fingerprint density at radius 1 is 1.24 bits per heavy atom. The quantitative estimate of drug-likeness (QED) is 0.649. The first-order chi connectivity index (χ1) is 8.20. The molecular weight excluding hydrogens is 262 g/mol. The number of nitrogens with one attached hydrogen (secondary N) is 2. The second-order valence-corrected chi connectivity index (χ2v) is 5.33. The van der Waals surface area contributed by atoms with Crippen LogP contribution in [-0.2, 0) is 0 Å². The molecule has 3 atom stereocenters. The van der Waals surface area contributed by atoms with Gasteiger partial charge in [0.1, 0.15) is 0 Å². The first-order valence-electron chi connectivity index (χ1n) is 5.72. The summed E-state index contributed by atoms with van der Waals surface area (Å²) in [5, 5.41) is 3.96. The van der Waals surface area contributed by atoms with Gasteiger partial charge >= 0.3 is 0 Å². The van der Waals surface area contributed by atoms with Crippen LogP contribution in [0.1, 0.15) is 19.3 Å². The number of hydrogen-bond donors (Lipinski definition) is 2. The van der Waals surface area contributed by atoms with Gasteiger partial charge in [0.25, 0.3) is 0 Å². The molecular formula is C12H15Cl2FN2. The maximum Gasteiger partial charge on any atom is 0.0637 e. The molecule has 0 aromatic heterocycles. The third kappa shape index (κ3) is 3.24. The number of rotatable bonds is 3. The van der Waals surface area contributed by atoms with E-state index in [4.69, 9.17) is 23.2 Å². The van der Waals surface area contributed by atoms with E-state index in [1.165, 1.54) is 0 Å². The number of hydrogen-bond acceptors (Lipinski definition) is 2. The van der Waals surface area contributed by atoms with Crippen LogP contribution in [0.25, 0.3) is 0 Å². The van der Waals surface area contributed by atoms with Gasteiger partial charge < -0.3 is 5.32 Å². The SMILES string of the molecule is FNC1CCC(Cl)C(Nc2ccccc2Cl)C1. The minimum absolute atomic E-state index is 0.0101. The van der Waals surface area contributed by atoms with Crippen LogP contribution in [0.2, 0.25) is 5.02 Å². The summed E-state index contributed by atoms with van der Waals surface area (Å²) < 4.78 is 12.5. The highest BCUT2D eigenvalue weighted by Crippen LogP contribution is 2.29. The first kappa shape index (κ1) is 12.9. The molecule has 17 heavy (non-hydrogen) atoms. The average Bonchev–Trinajstić information content (AvgIpc) is 2.35.